The lowest BCUT2D eigenvalue weighted by Crippen LogP contribution is -2.33. The van der Waals surface area contributed by atoms with Gasteiger partial charge in [0.1, 0.15) is 0 Å². The van der Waals surface area contributed by atoms with Crippen molar-refractivity contribution in [1.29, 1.82) is 5.26 Å². The minimum absolute atomic E-state index is 0.0820. The van der Waals surface area contributed by atoms with Crippen LogP contribution in [0.4, 0.5) is 0 Å². The molecule has 0 heterocycles. The summed E-state index contributed by atoms with van der Waals surface area (Å²) in [7, 11) is 0. The molecule has 2 nitrogen and oxygen atoms in total. The molecule has 0 aliphatic heterocycles. The maximum absolute atomic E-state index is 12.7. The molecule has 0 amide bonds. The molecule has 110 valence electrons. The highest BCUT2D eigenvalue weighted by atomic mass is 16.1. The summed E-state index contributed by atoms with van der Waals surface area (Å²) < 4.78 is 0. The summed E-state index contributed by atoms with van der Waals surface area (Å²) in [5.41, 5.74) is 3.81. The van der Waals surface area contributed by atoms with Crippen LogP contribution in [0.3, 0.4) is 0 Å². The second-order valence-corrected chi connectivity index (χ2v) is 6.25. The van der Waals surface area contributed by atoms with Gasteiger partial charge in [-0.1, -0.05) is 48.5 Å². The number of allylic oxidation sites excluding steroid dienone is 2. The lowest BCUT2D eigenvalue weighted by atomic mass is 9.66. The van der Waals surface area contributed by atoms with E-state index in [1.807, 2.05) is 60.7 Å². The third-order valence-corrected chi connectivity index (χ3v) is 4.70. The molecular weight excluding hydrogens is 282 g/mol. The van der Waals surface area contributed by atoms with Crippen LogP contribution in [0.1, 0.15) is 29.5 Å². The van der Waals surface area contributed by atoms with Crippen LogP contribution in [-0.4, -0.2) is 5.78 Å². The molecule has 0 aromatic heterocycles. The number of carbonyl (C=O) groups is 1. The number of carbonyl (C=O) groups excluding carboxylic acids is 1. The molecule has 2 aliphatic rings. The number of Topliss-reactive ketones (excluding diaryl/α,β-unsaturated/α-hetero) is 1. The predicted molar refractivity (Wildman–Crippen MR) is 90.4 cm³/mol. The number of fused-ring (bicyclic) bond motifs is 4. The molecule has 1 fully saturated rings. The fourth-order valence-corrected chi connectivity index (χ4v) is 3.56. The maximum Gasteiger partial charge on any atom is 0.185 e. The van der Waals surface area contributed by atoms with Gasteiger partial charge in [-0.15, -0.1) is 0 Å². The Morgan fingerprint density at radius 1 is 0.870 bits per heavy atom. The monoisotopic (exact) mass is 297 g/mol. The van der Waals surface area contributed by atoms with Crippen LogP contribution in [0.2, 0.25) is 0 Å². The van der Waals surface area contributed by atoms with Crippen molar-refractivity contribution >= 4 is 17.9 Å². The van der Waals surface area contributed by atoms with E-state index in [0.717, 1.165) is 27.8 Å². The Kier molecular flexibility index (Phi) is 3.02. The first-order valence-electron chi connectivity index (χ1n) is 7.73. The van der Waals surface area contributed by atoms with Gasteiger partial charge in [-0.2, -0.15) is 5.26 Å². The van der Waals surface area contributed by atoms with Crippen LogP contribution in [0.25, 0.3) is 12.2 Å². The molecule has 2 aromatic carbocycles. The second-order valence-electron chi connectivity index (χ2n) is 6.25. The predicted octanol–water partition coefficient (Wildman–Crippen LogP) is 4.29. The SMILES string of the molecule is N#CC1(c2ccccc2)C/C2=C/c3cccc(c3)/C=C(/C1)C2=O. The number of hydrogen-bond acceptors (Lipinski definition) is 2. The zero-order valence-corrected chi connectivity index (χ0v) is 12.6. The van der Waals surface area contributed by atoms with Crippen molar-refractivity contribution < 1.29 is 4.79 Å². The Morgan fingerprint density at radius 3 is 2.04 bits per heavy atom. The summed E-state index contributed by atoms with van der Waals surface area (Å²) in [6.07, 6.45) is 4.81. The van der Waals surface area contributed by atoms with Gasteiger partial charge >= 0.3 is 0 Å². The van der Waals surface area contributed by atoms with Gasteiger partial charge in [0, 0.05) is 11.1 Å². The topological polar surface area (TPSA) is 40.9 Å². The minimum atomic E-state index is -0.663. The Bertz CT molecular complexity index is 856. The van der Waals surface area contributed by atoms with Crippen LogP contribution in [0, 0.1) is 11.3 Å². The molecule has 23 heavy (non-hydrogen) atoms. The first-order chi connectivity index (χ1) is 11.2. The molecule has 0 spiro atoms. The van der Waals surface area contributed by atoms with Gasteiger partial charge < -0.3 is 0 Å². The van der Waals surface area contributed by atoms with Gasteiger partial charge in [0.2, 0.25) is 0 Å². The molecule has 2 heteroatoms. The van der Waals surface area contributed by atoms with Crippen molar-refractivity contribution in [2.24, 2.45) is 0 Å². The molecular formula is C21H15NO. The van der Waals surface area contributed by atoms with Gasteiger partial charge in [-0.25, -0.2) is 0 Å². The Hall–Kier alpha value is -2.92. The summed E-state index contributed by atoms with van der Waals surface area (Å²) in [5.74, 6) is 0.0820. The van der Waals surface area contributed by atoms with Crippen molar-refractivity contribution in [3.8, 4) is 6.07 Å². The molecule has 4 rings (SSSR count). The highest BCUT2D eigenvalue weighted by Crippen LogP contribution is 2.44. The van der Waals surface area contributed by atoms with Crippen LogP contribution >= 0.6 is 0 Å². The van der Waals surface area contributed by atoms with E-state index in [-0.39, 0.29) is 5.78 Å². The van der Waals surface area contributed by atoms with E-state index in [2.05, 4.69) is 12.1 Å². The zero-order valence-electron chi connectivity index (χ0n) is 12.6. The van der Waals surface area contributed by atoms with Crippen LogP contribution < -0.4 is 0 Å². The van der Waals surface area contributed by atoms with Gasteiger partial charge in [-0.3, -0.25) is 4.79 Å². The second kappa shape index (κ2) is 5.07. The Morgan fingerprint density at radius 2 is 1.48 bits per heavy atom. The smallest absolute Gasteiger partial charge is 0.185 e. The largest absolute Gasteiger partial charge is 0.289 e. The van der Waals surface area contributed by atoms with Crippen LogP contribution in [-0.2, 0) is 10.2 Å². The zero-order chi connectivity index (χ0) is 15.9. The van der Waals surface area contributed by atoms with E-state index < -0.39 is 5.41 Å². The molecule has 4 bridgehead atoms. The van der Waals surface area contributed by atoms with E-state index in [4.69, 9.17) is 0 Å². The number of rotatable bonds is 1. The van der Waals surface area contributed by atoms with E-state index in [9.17, 15) is 10.1 Å². The van der Waals surface area contributed by atoms with E-state index >= 15 is 0 Å². The highest BCUT2D eigenvalue weighted by molar-refractivity contribution is 6.15. The number of benzene rings is 2. The molecule has 0 atom stereocenters. The fourth-order valence-electron chi connectivity index (χ4n) is 3.56. The normalized spacial score (nSPS) is 26.8. The average Bonchev–Trinajstić information content (AvgIpc) is 2.59. The molecule has 2 aliphatic carbocycles. The third kappa shape index (κ3) is 2.22. The van der Waals surface area contributed by atoms with Crippen LogP contribution in [0.5, 0.6) is 0 Å². The quantitative estimate of drug-likeness (QED) is 0.787. The van der Waals surface area contributed by atoms with Gasteiger partial charge in [0.15, 0.2) is 5.78 Å². The molecule has 0 saturated heterocycles. The number of nitrogens with zero attached hydrogens (tertiary/aromatic N) is 1. The standard InChI is InChI=1S/C21H15NO/c22-14-21(19-7-2-1-3-8-19)12-17-10-15-5-4-6-16(9-15)11-18(13-21)20(17)23/h1-11H,12-13H2/b17-10-,18-11-. The summed E-state index contributed by atoms with van der Waals surface area (Å²) in [5, 5.41) is 9.94. The molecule has 2 aromatic rings. The maximum atomic E-state index is 12.7. The number of hydrogen-bond donors (Lipinski definition) is 0. The average molecular weight is 297 g/mol. The molecule has 0 N–H and O–H groups in total. The van der Waals surface area contributed by atoms with Crippen molar-refractivity contribution in [2.75, 3.05) is 0 Å². The molecule has 0 radical (unpaired) electrons. The Balaban J connectivity index is 1.91. The van der Waals surface area contributed by atoms with Crippen molar-refractivity contribution in [1.82, 2.24) is 0 Å². The lowest BCUT2D eigenvalue weighted by molar-refractivity contribution is -0.113. The van der Waals surface area contributed by atoms with Gasteiger partial charge in [-0.05, 0) is 47.8 Å². The van der Waals surface area contributed by atoms with E-state index in [0.29, 0.717) is 12.8 Å². The van der Waals surface area contributed by atoms with Gasteiger partial charge in [0.05, 0.1) is 11.5 Å². The van der Waals surface area contributed by atoms with E-state index in [1.54, 1.807) is 0 Å². The first kappa shape index (κ1) is 13.7. The fraction of sp³-hybridized carbons (Fsp3) is 0.143. The molecule has 1 saturated carbocycles. The summed E-state index contributed by atoms with van der Waals surface area (Å²) in [6.45, 7) is 0. The summed E-state index contributed by atoms with van der Waals surface area (Å²) >= 11 is 0. The summed E-state index contributed by atoms with van der Waals surface area (Å²) in [6, 6.07) is 20.4. The highest BCUT2D eigenvalue weighted by Gasteiger charge is 2.42. The van der Waals surface area contributed by atoms with Gasteiger partial charge in [0.25, 0.3) is 0 Å². The van der Waals surface area contributed by atoms with Crippen molar-refractivity contribution in [3.05, 3.63) is 82.4 Å². The third-order valence-electron chi connectivity index (χ3n) is 4.70. The molecule has 0 unspecified atom stereocenters. The van der Waals surface area contributed by atoms with Crippen molar-refractivity contribution in [2.45, 2.75) is 18.3 Å². The lowest BCUT2D eigenvalue weighted by Gasteiger charge is -2.34. The van der Waals surface area contributed by atoms with E-state index in [1.165, 1.54) is 0 Å². The number of nitriles is 1. The minimum Gasteiger partial charge on any atom is -0.289 e. The Labute approximate surface area is 135 Å². The number of ketones is 1. The van der Waals surface area contributed by atoms with Crippen LogP contribution in [0.15, 0.2) is 65.7 Å². The summed E-state index contributed by atoms with van der Waals surface area (Å²) in [4.78, 5) is 12.7. The van der Waals surface area contributed by atoms with Crippen molar-refractivity contribution in [3.63, 3.8) is 0 Å². The first-order valence-corrected chi connectivity index (χ1v) is 7.73.